The van der Waals surface area contributed by atoms with Gasteiger partial charge in [-0.05, 0) is 66.7 Å². The summed E-state index contributed by atoms with van der Waals surface area (Å²) in [7, 11) is 0. The molecule has 0 bridgehead atoms. The van der Waals surface area contributed by atoms with Gasteiger partial charge >= 0.3 is 0 Å². The van der Waals surface area contributed by atoms with Gasteiger partial charge in [-0.25, -0.2) is 0 Å². The van der Waals surface area contributed by atoms with Gasteiger partial charge in [0.05, 0.1) is 6.04 Å². The highest BCUT2D eigenvalue weighted by Gasteiger charge is 2.09. The zero-order chi connectivity index (χ0) is 21.3. The lowest BCUT2D eigenvalue weighted by molar-refractivity contribution is 0.0943. The number of rotatable bonds is 6. The molecule has 0 saturated carbocycles. The van der Waals surface area contributed by atoms with E-state index in [0.717, 1.165) is 21.3 Å². The first-order valence-corrected chi connectivity index (χ1v) is 10.6. The van der Waals surface area contributed by atoms with Gasteiger partial charge in [0.15, 0.2) is 5.11 Å². The van der Waals surface area contributed by atoms with Crippen molar-refractivity contribution in [1.29, 1.82) is 0 Å². The summed E-state index contributed by atoms with van der Waals surface area (Å²) in [4.78, 5) is 12.5. The van der Waals surface area contributed by atoms with Gasteiger partial charge in [-0.15, -0.1) is 0 Å². The number of ether oxygens (including phenoxy) is 1. The monoisotopic (exact) mass is 483 g/mol. The average Bonchev–Trinajstić information content (AvgIpc) is 2.78. The summed E-state index contributed by atoms with van der Waals surface area (Å²) in [5, 5.41) is 3.48. The maximum absolute atomic E-state index is 12.5. The second-order valence-corrected chi connectivity index (χ2v) is 7.95. The van der Waals surface area contributed by atoms with Gasteiger partial charge in [0.25, 0.3) is 5.91 Å². The fourth-order valence-corrected chi connectivity index (χ4v) is 3.24. The lowest BCUT2D eigenvalue weighted by Gasteiger charge is -2.17. The first kappa shape index (κ1) is 21.8. The molecule has 3 rings (SSSR count). The van der Waals surface area contributed by atoms with Crippen LogP contribution in [0.25, 0.3) is 0 Å². The Hall–Kier alpha value is -2.90. The maximum atomic E-state index is 12.5. The van der Waals surface area contributed by atoms with Gasteiger partial charge in [0.1, 0.15) is 12.4 Å². The summed E-state index contributed by atoms with van der Waals surface area (Å²) in [5.41, 5.74) is 7.88. The second-order valence-electron chi connectivity index (χ2n) is 6.63. The summed E-state index contributed by atoms with van der Waals surface area (Å²) in [6, 6.07) is 24.8. The van der Waals surface area contributed by atoms with E-state index < -0.39 is 0 Å². The molecule has 3 aromatic carbocycles. The molecule has 0 aliphatic heterocycles. The van der Waals surface area contributed by atoms with Crippen molar-refractivity contribution < 1.29 is 9.53 Å². The number of hydrogen-bond acceptors (Lipinski definition) is 3. The number of carbonyl (C=O) groups is 1. The van der Waals surface area contributed by atoms with Crippen molar-refractivity contribution >= 4 is 39.2 Å². The molecule has 5 nitrogen and oxygen atoms in total. The highest BCUT2D eigenvalue weighted by Crippen LogP contribution is 2.17. The van der Waals surface area contributed by atoms with Gasteiger partial charge in [-0.2, -0.15) is 0 Å². The Labute approximate surface area is 189 Å². The Balaban J connectivity index is 1.49. The molecule has 0 heterocycles. The van der Waals surface area contributed by atoms with Crippen molar-refractivity contribution in [2.75, 3.05) is 0 Å². The number of thiocarbonyl (C=S) groups is 1. The first-order chi connectivity index (χ1) is 14.5. The predicted octanol–water partition coefficient (Wildman–Crippen LogP) is 4.90. The summed E-state index contributed by atoms with van der Waals surface area (Å²) < 4.78 is 6.76. The third-order valence-corrected chi connectivity index (χ3v) is 5.09. The molecule has 0 unspecified atom stereocenters. The molecule has 30 heavy (non-hydrogen) atoms. The summed E-state index contributed by atoms with van der Waals surface area (Å²) in [6.45, 7) is 2.37. The van der Waals surface area contributed by atoms with Crippen LogP contribution in [0.1, 0.15) is 34.5 Å². The molecule has 3 aromatic rings. The van der Waals surface area contributed by atoms with Crippen molar-refractivity contribution in [2.45, 2.75) is 19.6 Å². The van der Waals surface area contributed by atoms with Crippen LogP contribution in [-0.4, -0.2) is 11.0 Å². The average molecular weight is 484 g/mol. The largest absolute Gasteiger partial charge is 0.489 e. The minimum atomic E-state index is -0.281. The van der Waals surface area contributed by atoms with E-state index in [4.69, 9.17) is 17.0 Å². The van der Waals surface area contributed by atoms with Crippen LogP contribution in [0.15, 0.2) is 83.3 Å². The van der Waals surface area contributed by atoms with E-state index in [1.807, 2.05) is 73.7 Å². The smallest absolute Gasteiger partial charge is 0.269 e. The number of hydrazine groups is 1. The fraction of sp³-hybridized carbons (Fsp3) is 0.130. The van der Waals surface area contributed by atoms with Crippen molar-refractivity contribution in [3.8, 4) is 5.75 Å². The Morgan fingerprint density at radius 2 is 1.73 bits per heavy atom. The number of carbonyl (C=O) groups excluding carboxylic acids is 1. The van der Waals surface area contributed by atoms with E-state index in [0.29, 0.717) is 17.3 Å². The van der Waals surface area contributed by atoms with Crippen LogP contribution >= 0.6 is 28.1 Å². The van der Waals surface area contributed by atoms with Gasteiger partial charge in [-0.3, -0.25) is 15.6 Å². The van der Waals surface area contributed by atoms with E-state index >= 15 is 0 Å². The molecule has 0 saturated heterocycles. The van der Waals surface area contributed by atoms with Gasteiger partial charge in [-0.1, -0.05) is 58.4 Å². The summed E-state index contributed by atoms with van der Waals surface area (Å²) in [5.74, 6) is 0.482. The molecule has 1 amide bonds. The molecule has 0 spiro atoms. The Morgan fingerprint density at radius 3 is 2.47 bits per heavy atom. The lowest BCUT2D eigenvalue weighted by Crippen LogP contribution is -2.47. The highest BCUT2D eigenvalue weighted by molar-refractivity contribution is 9.10. The standard InChI is InChI=1S/C23H22BrN3O2S/c1-16(18-7-3-2-4-8-18)25-23(30)27-26-22(28)19-9-5-6-17(14-19)15-29-21-12-10-20(24)11-13-21/h2-14,16H,15H2,1H3,(H,26,28)(H2,25,27,30)/t16-/m0/s1. The molecule has 0 radical (unpaired) electrons. The zero-order valence-electron chi connectivity index (χ0n) is 16.4. The third-order valence-electron chi connectivity index (χ3n) is 4.35. The predicted molar refractivity (Wildman–Crippen MR) is 126 cm³/mol. The Bertz CT molecular complexity index is 997. The SMILES string of the molecule is C[C@H](NC(=S)NNC(=O)c1cccc(COc2ccc(Br)cc2)c1)c1ccccc1. The second kappa shape index (κ2) is 10.8. The quantitative estimate of drug-likeness (QED) is 0.343. The molecular formula is C23H22BrN3O2S. The maximum Gasteiger partial charge on any atom is 0.269 e. The summed E-state index contributed by atoms with van der Waals surface area (Å²) >= 11 is 8.67. The Morgan fingerprint density at radius 1 is 1.00 bits per heavy atom. The molecule has 1 atom stereocenters. The number of halogens is 1. The van der Waals surface area contributed by atoms with Gasteiger partial charge in [0.2, 0.25) is 0 Å². The Kier molecular flexibility index (Phi) is 7.82. The third kappa shape index (κ3) is 6.57. The number of amides is 1. The van der Waals surface area contributed by atoms with Crippen LogP contribution in [0, 0.1) is 0 Å². The van der Waals surface area contributed by atoms with Crippen LogP contribution in [0.5, 0.6) is 5.75 Å². The van der Waals surface area contributed by atoms with Gasteiger partial charge < -0.3 is 10.1 Å². The van der Waals surface area contributed by atoms with Crippen LogP contribution in [0.2, 0.25) is 0 Å². The lowest BCUT2D eigenvalue weighted by atomic mass is 10.1. The zero-order valence-corrected chi connectivity index (χ0v) is 18.8. The molecule has 3 N–H and O–H groups in total. The van der Waals surface area contributed by atoms with Crippen molar-refractivity contribution in [3.63, 3.8) is 0 Å². The molecule has 0 aromatic heterocycles. The van der Waals surface area contributed by atoms with Crippen molar-refractivity contribution in [3.05, 3.63) is 100 Å². The van der Waals surface area contributed by atoms with Crippen molar-refractivity contribution in [1.82, 2.24) is 16.2 Å². The molecule has 0 fully saturated rings. The topological polar surface area (TPSA) is 62.4 Å². The molecule has 0 aliphatic rings. The molecule has 0 aliphatic carbocycles. The number of nitrogens with one attached hydrogen (secondary N) is 3. The molecule has 154 valence electrons. The van der Waals surface area contributed by atoms with E-state index in [1.165, 1.54) is 0 Å². The van der Waals surface area contributed by atoms with Crippen LogP contribution < -0.4 is 20.9 Å². The van der Waals surface area contributed by atoms with E-state index in [2.05, 4.69) is 32.1 Å². The van der Waals surface area contributed by atoms with Gasteiger partial charge in [0, 0.05) is 10.0 Å². The van der Waals surface area contributed by atoms with Crippen LogP contribution in [0.3, 0.4) is 0 Å². The number of hydrogen-bond donors (Lipinski definition) is 3. The highest BCUT2D eigenvalue weighted by atomic mass is 79.9. The minimum Gasteiger partial charge on any atom is -0.489 e. The first-order valence-electron chi connectivity index (χ1n) is 9.40. The van der Waals surface area contributed by atoms with Crippen LogP contribution in [0.4, 0.5) is 0 Å². The fourth-order valence-electron chi connectivity index (χ4n) is 2.74. The van der Waals surface area contributed by atoms with E-state index in [-0.39, 0.29) is 11.9 Å². The van der Waals surface area contributed by atoms with Crippen LogP contribution in [-0.2, 0) is 6.61 Å². The minimum absolute atomic E-state index is 0.0159. The van der Waals surface area contributed by atoms with Crippen molar-refractivity contribution in [2.24, 2.45) is 0 Å². The van der Waals surface area contributed by atoms with E-state index in [1.54, 1.807) is 12.1 Å². The number of benzene rings is 3. The van der Waals surface area contributed by atoms with E-state index in [9.17, 15) is 4.79 Å². The summed E-state index contributed by atoms with van der Waals surface area (Å²) in [6.07, 6.45) is 0. The normalized spacial score (nSPS) is 11.3. The molecular weight excluding hydrogens is 462 g/mol. The molecule has 7 heteroatoms.